The molecule has 2 heteroatoms. The summed E-state index contributed by atoms with van der Waals surface area (Å²) in [4.78, 5) is 2.24. The van der Waals surface area contributed by atoms with Crippen LogP contribution in [0.3, 0.4) is 0 Å². The Bertz CT molecular complexity index is 130. The van der Waals surface area contributed by atoms with Crippen LogP contribution in [0.5, 0.6) is 0 Å². The van der Waals surface area contributed by atoms with Crippen molar-refractivity contribution in [3.63, 3.8) is 0 Å². The molecule has 1 fully saturated rings. The predicted molar refractivity (Wildman–Crippen MR) is 57.9 cm³/mol. The van der Waals surface area contributed by atoms with Gasteiger partial charge in [-0.15, -0.1) is 0 Å². The molecular weight excluding hydrogens is 160 g/mol. The lowest BCUT2D eigenvalue weighted by molar-refractivity contribution is 0.385. The summed E-state index contributed by atoms with van der Waals surface area (Å²) < 4.78 is 0. The van der Waals surface area contributed by atoms with E-state index in [9.17, 15) is 0 Å². The zero-order chi connectivity index (χ0) is 9.68. The van der Waals surface area contributed by atoms with Crippen LogP contribution in [0.1, 0.15) is 26.2 Å². The molecule has 1 rings (SSSR count). The molecule has 13 heavy (non-hydrogen) atoms. The Morgan fingerprint density at radius 2 is 2.08 bits per heavy atom. The SMILES string of the molecule is CC(CNCCCN(C)C)C1CC1. The van der Waals surface area contributed by atoms with Crippen LogP contribution in [-0.4, -0.2) is 38.6 Å². The van der Waals surface area contributed by atoms with Crippen LogP contribution in [0, 0.1) is 11.8 Å². The van der Waals surface area contributed by atoms with E-state index in [4.69, 9.17) is 0 Å². The Kier molecular flexibility index (Phi) is 4.74. The van der Waals surface area contributed by atoms with Gasteiger partial charge in [-0.2, -0.15) is 0 Å². The highest BCUT2D eigenvalue weighted by atomic mass is 15.1. The first-order valence-corrected chi connectivity index (χ1v) is 5.55. The van der Waals surface area contributed by atoms with Gasteiger partial charge < -0.3 is 10.2 Å². The lowest BCUT2D eigenvalue weighted by atomic mass is 10.1. The van der Waals surface area contributed by atoms with Crippen molar-refractivity contribution in [2.75, 3.05) is 33.7 Å². The minimum Gasteiger partial charge on any atom is -0.316 e. The van der Waals surface area contributed by atoms with E-state index in [1.807, 2.05) is 0 Å². The predicted octanol–water partition coefficient (Wildman–Crippen LogP) is 1.57. The molecule has 0 amide bonds. The van der Waals surface area contributed by atoms with Crippen molar-refractivity contribution in [2.45, 2.75) is 26.2 Å². The van der Waals surface area contributed by atoms with Gasteiger partial charge in [0.1, 0.15) is 0 Å². The first-order chi connectivity index (χ1) is 6.20. The zero-order valence-corrected chi connectivity index (χ0v) is 9.34. The number of nitrogens with one attached hydrogen (secondary N) is 1. The molecule has 0 saturated heterocycles. The number of hydrogen-bond acceptors (Lipinski definition) is 2. The van der Waals surface area contributed by atoms with Crippen LogP contribution >= 0.6 is 0 Å². The van der Waals surface area contributed by atoms with E-state index < -0.39 is 0 Å². The third-order valence-corrected chi connectivity index (χ3v) is 2.85. The van der Waals surface area contributed by atoms with Gasteiger partial charge in [0.25, 0.3) is 0 Å². The average Bonchev–Trinajstić information content (AvgIpc) is 2.85. The molecule has 0 heterocycles. The van der Waals surface area contributed by atoms with Gasteiger partial charge in [0, 0.05) is 0 Å². The molecule has 0 radical (unpaired) electrons. The summed E-state index contributed by atoms with van der Waals surface area (Å²) in [6.07, 6.45) is 4.21. The minimum absolute atomic E-state index is 0.902. The number of nitrogens with zero attached hydrogens (tertiary/aromatic N) is 1. The Morgan fingerprint density at radius 3 is 2.62 bits per heavy atom. The van der Waals surface area contributed by atoms with Gasteiger partial charge >= 0.3 is 0 Å². The second-order valence-electron chi connectivity index (χ2n) is 4.68. The summed E-state index contributed by atoms with van der Waals surface area (Å²) >= 11 is 0. The number of hydrogen-bond donors (Lipinski definition) is 1. The summed E-state index contributed by atoms with van der Waals surface area (Å²) in [6, 6.07) is 0. The largest absolute Gasteiger partial charge is 0.316 e. The van der Waals surface area contributed by atoms with Crippen LogP contribution in [0.15, 0.2) is 0 Å². The van der Waals surface area contributed by atoms with Gasteiger partial charge in [0.05, 0.1) is 0 Å². The smallest absolute Gasteiger partial charge is 0.00127 e. The normalized spacial score (nSPS) is 19.4. The molecule has 1 aliphatic rings. The van der Waals surface area contributed by atoms with E-state index in [-0.39, 0.29) is 0 Å². The summed E-state index contributed by atoms with van der Waals surface area (Å²) in [7, 11) is 4.26. The number of rotatable bonds is 7. The summed E-state index contributed by atoms with van der Waals surface area (Å²) in [5.41, 5.74) is 0. The molecule has 78 valence electrons. The van der Waals surface area contributed by atoms with Gasteiger partial charge in [-0.1, -0.05) is 6.92 Å². The van der Waals surface area contributed by atoms with Gasteiger partial charge in [-0.3, -0.25) is 0 Å². The maximum atomic E-state index is 3.54. The molecule has 0 aromatic rings. The molecule has 0 aromatic carbocycles. The standard InChI is InChI=1S/C11H24N2/c1-10(11-5-6-11)9-12-7-4-8-13(2)3/h10-12H,4-9H2,1-3H3. The van der Waals surface area contributed by atoms with Crippen LogP contribution in [0.2, 0.25) is 0 Å². The monoisotopic (exact) mass is 184 g/mol. The molecule has 1 N–H and O–H groups in total. The van der Waals surface area contributed by atoms with Crippen molar-refractivity contribution < 1.29 is 0 Å². The third-order valence-electron chi connectivity index (χ3n) is 2.85. The molecule has 1 unspecified atom stereocenters. The Labute approximate surface area is 82.7 Å². The van der Waals surface area contributed by atoms with Crippen LogP contribution in [-0.2, 0) is 0 Å². The fourth-order valence-corrected chi connectivity index (χ4v) is 1.68. The van der Waals surface area contributed by atoms with Crippen molar-refractivity contribution in [3.8, 4) is 0 Å². The first-order valence-electron chi connectivity index (χ1n) is 5.55. The first kappa shape index (κ1) is 11.0. The fourth-order valence-electron chi connectivity index (χ4n) is 1.68. The molecular formula is C11H24N2. The Hall–Kier alpha value is -0.0800. The van der Waals surface area contributed by atoms with E-state index >= 15 is 0 Å². The molecule has 1 atom stereocenters. The molecule has 0 spiro atoms. The van der Waals surface area contributed by atoms with Gasteiger partial charge in [-0.05, 0) is 64.8 Å². The second kappa shape index (κ2) is 5.61. The van der Waals surface area contributed by atoms with Crippen LogP contribution in [0.25, 0.3) is 0 Å². The van der Waals surface area contributed by atoms with Crippen molar-refractivity contribution >= 4 is 0 Å². The quantitative estimate of drug-likeness (QED) is 0.604. The highest BCUT2D eigenvalue weighted by Crippen LogP contribution is 2.35. The summed E-state index contributed by atoms with van der Waals surface area (Å²) in [5, 5.41) is 3.54. The molecule has 2 nitrogen and oxygen atoms in total. The Morgan fingerprint density at radius 1 is 1.38 bits per heavy atom. The molecule has 0 bridgehead atoms. The molecule has 0 aliphatic heterocycles. The van der Waals surface area contributed by atoms with E-state index in [2.05, 4.69) is 31.2 Å². The Balaban J connectivity index is 1.83. The second-order valence-corrected chi connectivity index (χ2v) is 4.68. The van der Waals surface area contributed by atoms with E-state index in [0.717, 1.165) is 11.8 Å². The fraction of sp³-hybridized carbons (Fsp3) is 1.00. The van der Waals surface area contributed by atoms with E-state index in [1.165, 1.54) is 38.9 Å². The summed E-state index contributed by atoms with van der Waals surface area (Å²) in [5.74, 6) is 1.95. The van der Waals surface area contributed by atoms with Crippen LogP contribution in [0.4, 0.5) is 0 Å². The van der Waals surface area contributed by atoms with Crippen molar-refractivity contribution in [3.05, 3.63) is 0 Å². The third kappa shape index (κ3) is 5.27. The zero-order valence-electron chi connectivity index (χ0n) is 9.34. The van der Waals surface area contributed by atoms with Crippen LogP contribution < -0.4 is 5.32 Å². The maximum Gasteiger partial charge on any atom is -0.00127 e. The molecule has 1 aliphatic carbocycles. The van der Waals surface area contributed by atoms with Gasteiger partial charge in [0.15, 0.2) is 0 Å². The molecule has 1 saturated carbocycles. The summed E-state index contributed by atoms with van der Waals surface area (Å²) in [6.45, 7) is 5.97. The average molecular weight is 184 g/mol. The highest BCUT2D eigenvalue weighted by molar-refractivity contribution is 4.79. The highest BCUT2D eigenvalue weighted by Gasteiger charge is 2.27. The maximum absolute atomic E-state index is 3.54. The topological polar surface area (TPSA) is 15.3 Å². The van der Waals surface area contributed by atoms with Crippen molar-refractivity contribution in [2.24, 2.45) is 11.8 Å². The van der Waals surface area contributed by atoms with Crippen molar-refractivity contribution in [1.82, 2.24) is 10.2 Å². The molecule has 0 aromatic heterocycles. The lowest BCUT2D eigenvalue weighted by Crippen LogP contribution is -2.25. The minimum atomic E-state index is 0.902. The van der Waals surface area contributed by atoms with E-state index in [0.29, 0.717) is 0 Å². The van der Waals surface area contributed by atoms with Gasteiger partial charge in [0.2, 0.25) is 0 Å². The van der Waals surface area contributed by atoms with Gasteiger partial charge in [-0.25, -0.2) is 0 Å². The van der Waals surface area contributed by atoms with E-state index in [1.54, 1.807) is 0 Å². The van der Waals surface area contributed by atoms with Crippen molar-refractivity contribution in [1.29, 1.82) is 0 Å². The lowest BCUT2D eigenvalue weighted by Gasteiger charge is -2.12.